The highest BCUT2D eigenvalue weighted by Crippen LogP contribution is 2.30. The van der Waals surface area contributed by atoms with Crippen LogP contribution in [-0.4, -0.2) is 16.6 Å². The average molecular weight is 275 g/mol. The number of rotatable bonds is 3. The van der Waals surface area contributed by atoms with Gasteiger partial charge in [0.1, 0.15) is 6.10 Å². The summed E-state index contributed by atoms with van der Waals surface area (Å²) >= 11 is 4.57. The maximum atomic E-state index is 12.4. The summed E-state index contributed by atoms with van der Waals surface area (Å²) in [7, 11) is 0. The first-order chi connectivity index (χ1) is 7.60. The molecule has 0 amide bonds. The van der Waals surface area contributed by atoms with E-state index in [9.17, 15) is 22.0 Å². The number of hydrogen-bond acceptors (Lipinski definition) is 1. The molecule has 96 valence electrons. The molecule has 0 saturated heterocycles. The highest BCUT2D eigenvalue weighted by Gasteiger charge is 2.35. The Kier molecular flexibility index (Phi) is 3.99. The lowest BCUT2D eigenvalue weighted by Gasteiger charge is -2.16. The van der Waals surface area contributed by atoms with Crippen LogP contribution in [0.4, 0.5) is 22.0 Å². The summed E-state index contributed by atoms with van der Waals surface area (Å²) in [5.74, 6) is 0. The van der Waals surface area contributed by atoms with Crippen LogP contribution in [0, 0.1) is 0 Å². The minimum atomic E-state index is -4.48. The second-order valence-corrected chi connectivity index (χ2v) is 3.96. The molecule has 1 atom stereocenters. The molecular weight excluding hydrogens is 267 g/mol. The van der Waals surface area contributed by atoms with Crippen LogP contribution in [0.2, 0.25) is 0 Å². The Morgan fingerprint density at radius 2 is 1.53 bits per heavy atom. The Bertz CT molecular complexity index is 368. The number of aliphatic hydroxyl groups excluding tert-OH is 1. The molecule has 7 heteroatoms. The van der Waals surface area contributed by atoms with Crippen LogP contribution in [0.5, 0.6) is 0 Å². The summed E-state index contributed by atoms with van der Waals surface area (Å²) in [6.45, 7) is 0. The van der Waals surface area contributed by atoms with E-state index in [0.717, 1.165) is 24.3 Å². The minimum Gasteiger partial charge on any atom is -0.385 e. The standard InChI is InChI=1S/C10H8ClF5O/c11-9(12,13)8(17)5-6-1-3-7(4-2-6)10(14,15)16/h1-4,8,17H,5H2. The third-order valence-corrected chi connectivity index (χ3v) is 2.34. The van der Waals surface area contributed by atoms with Crippen molar-refractivity contribution in [2.75, 3.05) is 0 Å². The molecule has 0 bridgehead atoms. The minimum absolute atomic E-state index is 0.144. The first kappa shape index (κ1) is 14.2. The molecule has 1 aromatic carbocycles. The van der Waals surface area contributed by atoms with Crippen molar-refractivity contribution >= 4 is 11.6 Å². The van der Waals surface area contributed by atoms with E-state index in [1.807, 2.05) is 0 Å². The van der Waals surface area contributed by atoms with Gasteiger partial charge in [-0.1, -0.05) is 12.1 Å². The summed E-state index contributed by atoms with van der Waals surface area (Å²) in [4.78, 5) is 0. The second-order valence-electron chi connectivity index (χ2n) is 3.46. The fourth-order valence-corrected chi connectivity index (χ4v) is 1.25. The van der Waals surface area contributed by atoms with Gasteiger partial charge in [-0.05, 0) is 29.3 Å². The summed E-state index contributed by atoms with van der Waals surface area (Å²) in [5.41, 5.74) is -0.737. The third-order valence-electron chi connectivity index (χ3n) is 2.09. The SMILES string of the molecule is OC(Cc1ccc(C(F)(F)F)cc1)C(F)(F)Cl. The monoisotopic (exact) mass is 274 g/mol. The second kappa shape index (κ2) is 4.78. The lowest BCUT2D eigenvalue weighted by molar-refractivity contribution is -0.137. The molecule has 1 aromatic rings. The van der Waals surface area contributed by atoms with E-state index in [1.54, 1.807) is 0 Å². The smallest absolute Gasteiger partial charge is 0.385 e. The van der Waals surface area contributed by atoms with E-state index < -0.39 is 29.6 Å². The summed E-state index contributed by atoms with van der Waals surface area (Å²) in [6.07, 6.45) is -7.14. The molecule has 0 aliphatic rings. The van der Waals surface area contributed by atoms with Gasteiger partial charge in [0.25, 0.3) is 0 Å². The lowest BCUT2D eigenvalue weighted by Crippen LogP contribution is -2.29. The zero-order valence-corrected chi connectivity index (χ0v) is 9.06. The predicted octanol–water partition coefficient (Wildman–Crippen LogP) is 3.44. The van der Waals surface area contributed by atoms with Crippen LogP contribution in [0.15, 0.2) is 24.3 Å². The van der Waals surface area contributed by atoms with E-state index >= 15 is 0 Å². The first-order valence-electron chi connectivity index (χ1n) is 4.51. The molecule has 0 saturated carbocycles. The third kappa shape index (κ3) is 4.12. The van der Waals surface area contributed by atoms with Crippen molar-refractivity contribution < 1.29 is 27.1 Å². The van der Waals surface area contributed by atoms with Gasteiger partial charge in [-0.2, -0.15) is 22.0 Å². The van der Waals surface area contributed by atoms with Gasteiger partial charge < -0.3 is 5.11 Å². The van der Waals surface area contributed by atoms with E-state index in [4.69, 9.17) is 5.11 Å². The molecule has 0 fully saturated rings. The quantitative estimate of drug-likeness (QED) is 0.661. The van der Waals surface area contributed by atoms with Gasteiger partial charge in [0, 0.05) is 6.42 Å². The van der Waals surface area contributed by atoms with Crippen LogP contribution in [0.1, 0.15) is 11.1 Å². The van der Waals surface area contributed by atoms with Gasteiger partial charge in [0.15, 0.2) is 0 Å². The van der Waals surface area contributed by atoms with Gasteiger partial charge in [-0.15, -0.1) is 0 Å². The summed E-state index contributed by atoms with van der Waals surface area (Å²) < 4.78 is 61.4. The van der Waals surface area contributed by atoms with Crippen LogP contribution < -0.4 is 0 Å². The maximum absolute atomic E-state index is 12.4. The highest BCUT2D eigenvalue weighted by atomic mass is 35.5. The van der Waals surface area contributed by atoms with E-state index in [1.165, 1.54) is 0 Å². The van der Waals surface area contributed by atoms with Crippen molar-refractivity contribution in [3.63, 3.8) is 0 Å². The van der Waals surface area contributed by atoms with Gasteiger partial charge in [-0.3, -0.25) is 0 Å². The van der Waals surface area contributed by atoms with Crippen LogP contribution in [0.25, 0.3) is 0 Å². The van der Waals surface area contributed by atoms with Crippen molar-refractivity contribution in [2.45, 2.75) is 24.1 Å². The summed E-state index contributed by atoms with van der Waals surface area (Å²) in [5, 5.41) is 5.16. The Morgan fingerprint density at radius 1 is 1.06 bits per heavy atom. The molecule has 1 unspecified atom stereocenters. The van der Waals surface area contributed by atoms with E-state index in [2.05, 4.69) is 11.6 Å². The van der Waals surface area contributed by atoms with Gasteiger partial charge in [0.2, 0.25) is 0 Å². The lowest BCUT2D eigenvalue weighted by atomic mass is 10.1. The number of aliphatic hydroxyl groups is 1. The van der Waals surface area contributed by atoms with Crippen molar-refractivity contribution in [3.05, 3.63) is 35.4 Å². The molecule has 0 spiro atoms. The molecule has 0 aromatic heterocycles. The van der Waals surface area contributed by atoms with E-state index in [-0.39, 0.29) is 5.56 Å². The first-order valence-corrected chi connectivity index (χ1v) is 4.89. The van der Waals surface area contributed by atoms with Gasteiger partial charge >= 0.3 is 11.6 Å². The molecule has 0 aliphatic carbocycles. The molecule has 1 nitrogen and oxygen atoms in total. The number of halogens is 6. The van der Waals surface area contributed by atoms with Crippen molar-refractivity contribution in [3.8, 4) is 0 Å². The van der Waals surface area contributed by atoms with Crippen LogP contribution in [-0.2, 0) is 12.6 Å². The molecule has 0 radical (unpaired) electrons. The van der Waals surface area contributed by atoms with Crippen LogP contribution >= 0.6 is 11.6 Å². The topological polar surface area (TPSA) is 20.2 Å². The largest absolute Gasteiger partial charge is 0.416 e. The molecule has 0 heterocycles. The highest BCUT2D eigenvalue weighted by molar-refractivity contribution is 6.22. The fourth-order valence-electron chi connectivity index (χ4n) is 1.17. The van der Waals surface area contributed by atoms with E-state index in [0.29, 0.717) is 0 Å². The number of benzene rings is 1. The molecular formula is C10H8ClF5O. The Balaban J connectivity index is 2.76. The fraction of sp³-hybridized carbons (Fsp3) is 0.400. The molecule has 17 heavy (non-hydrogen) atoms. The predicted molar refractivity (Wildman–Crippen MR) is 52.0 cm³/mol. The van der Waals surface area contributed by atoms with Crippen molar-refractivity contribution in [1.29, 1.82) is 0 Å². The van der Waals surface area contributed by atoms with Crippen molar-refractivity contribution in [2.24, 2.45) is 0 Å². The van der Waals surface area contributed by atoms with Crippen molar-refractivity contribution in [1.82, 2.24) is 0 Å². The normalized spacial score (nSPS) is 14.8. The zero-order chi connectivity index (χ0) is 13.3. The molecule has 1 N–H and O–H groups in total. The Morgan fingerprint density at radius 3 is 1.88 bits per heavy atom. The Hall–Kier alpha value is -0.880. The number of alkyl halides is 6. The van der Waals surface area contributed by atoms with Gasteiger partial charge in [-0.25, -0.2) is 0 Å². The van der Waals surface area contributed by atoms with Crippen LogP contribution in [0.3, 0.4) is 0 Å². The average Bonchev–Trinajstić information content (AvgIpc) is 2.15. The zero-order valence-electron chi connectivity index (χ0n) is 8.31. The molecule has 0 aliphatic heterocycles. The molecule has 1 rings (SSSR count). The van der Waals surface area contributed by atoms with Gasteiger partial charge in [0.05, 0.1) is 5.56 Å². The summed E-state index contributed by atoms with van der Waals surface area (Å²) in [6, 6.07) is 3.56. The maximum Gasteiger partial charge on any atom is 0.416 e. The Labute approximate surface area is 98.8 Å². The number of hydrogen-bond donors (Lipinski definition) is 1.